The number of rotatable bonds is 6. The number of hydrogen-bond donors (Lipinski definition) is 1. The summed E-state index contributed by atoms with van der Waals surface area (Å²) in [6, 6.07) is 3.83. The number of aryl methyl sites for hydroxylation is 3. The van der Waals surface area contributed by atoms with Crippen molar-refractivity contribution in [3.63, 3.8) is 0 Å². The third-order valence-corrected chi connectivity index (χ3v) is 8.40. The van der Waals surface area contributed by atoms with Crippen molar-refractivity contribution in [3.05, 3.63) is 28.8 Å². The van der Waals surface area contributed by atoms with Crippen LogP contribution in [-0.4, -0.2) is 42.4 Å². The molecule has 3 rings (SSSR count). The molecule has 11 heteroatoms. The summed E-state index contributed by atoms with van der Waals surface area (Å²) in [5, 5.41) is 0. The molecule has 36 heavy (non-hydrogen) atoms. The van der Waals surface area contributed by atoms with E-state index in [0.717, 1.165) is 16.7 Å². The Labute approximate surface area is 209 Å². The topological polar surface area (TPSA) is 107 Å². The van der Waals surface area contributed by atoms with Crippen LogP contribution in [0.4, 0.5) is 13.2 Å². The Bertz CT molecular complexity index is 1090. The second-order valence-corrected chi connectivity index (χ2v) is 11.9. The molecule has 5 unspecified atom stereocenters. The molecule has 2 aliphatic rings. The van der Waals surface area contributed by atoms with E-state index in [2.05, 4.69) is 0 Å². The molecule has 0 spiro atoms. The average Bonchev–Trinajstić information content (AvgIpc) is 2.73. The fourth-order valence-electron chi connectivity index (χ4n) is 5.91. The lowest BCUT2D eigenvalue weighted by Gasteiger charge is -2.44. The second-order valence-electron chi connectivity index (χ2n) is 10.4. The van der Waals surface area contributed by atoms with Crippen LogP contribution in [0.15, 0.2) is 12.1 Å². The number of carbonyl (C=O) groups excluding carboxylic acids is 2. The number of hydrogen-bond acceptors (Lipinski definition) is 6. The van der Waals surface area contributed by atoms with Crippen LogP contribution < -0.4 is 4.74 Å². The molecule has 0 aliphatic heterocycles. The predicted octanol–water partition coefficient (Wildman–Crippen LogP) is 5.10. The van der Waals surface area contributed by atoms with Crippen LogP contribution in [0, 0.1) is 44.4 Å². The smallest absolute Gasteiger partial charge is 0.429 e. The SMILES string of the molecule is Cc1cc(C)c(OC(=O)C2CCCC3C(C(=O)OC(C)(CS(=O)(=O)O)C(F)(F)F)CCCC23)c(C)c1. The molecular weight excluding hydrogens is 501 g/mol. The van der Waals surface area contributed by atoms with Gasteiger partial charge in [0.05, 0.1) is 11.8 Å². The lowest BCUT2D eigenvalue weighted by atomic mass is 9.61. The zero-order valence-electron chi connectivity index (χ0n) is 20.9. The maximum Gasteiger partial charge on any atom is 0.429 e. The predicted molar refractivity (Wildman–Crippen MR) is 125 cm³/mol. The van der Waals surface area contributed by atoms with Crippen molar-refractivity contribution in [1.82, 2.24) is 0 Å². The van der Waals surface area contributed by atoms with Crippen LogP contribution in [0.25, 0.3) is 0 Å². The number of alkyl halides is 3. The molecule has 0 radical (unpaired) electrons. The third kappa shape index (κ3) is 6.22. The summed E-state index contributed by atoms with van der Waals surface area (Å²) in [5.74, 6) is -4.95. The van der Waals surface area contributed by atoms with Gasteiger partial charge in [-0.3, -0.25) is 14.1 Å². The third-order valence-electron chi connectivity index (χ3n) is 7.48. The van der Waals surface area contributed by atoms with Crippen LogP contribution in [0.2, 0.25) is 0 Å². The number of fused-ring (bicyclic) bond motifs is 1. The molecular formula is C25H33F3O7S. The largest absolute Gasteiger partial charge is 0.448 e. The summed E-state index contributed by atoms with van der Waals surface area (Å²) in [4.78, 5) is 26.2. The summed E-state index contributed by atoms with van der Waals surface area (Å²) < 4.78 is 83.0. The van der Waals surface area contributed by atoms with E-state index in [1.807, 2.05) is 32.9 Å². The highest BCUT2D eigenvalue weighted by molar-refractivity contribution is 7.85. The Balaban J connectivity index is 1.80. The Morgan fingerprint density at radius 3 is 1.86 bits per heavy atom. The average molecular weight is 535 g/mol. The molecule has 0 heterocycles. The first-order chi connectivity index (χ1) is 16.5. The van der Waals surface area contributed by atoms with Gasteiger partial charge in [0.2, 0.25) is 5.60 Å². The minimum Gasteiger partial charge on any atom is -0.448 e. The van der Waals surface area contributed by atoms with Gasteiger partial charge in [-0.25, -0.2) is 0 Å². The van der Waals surface area contributed by atoms with Crippen LogP contribution in [0.5, 0.6) is 5.75 Å². The molecule has 0 bridgehead atoms. The lowest BCUT2D eigenvalue weighted by Crippen LogP contribution is -2.53. The normalized spacial score (nSPS) is 26.4. The Morgan fingerprint density at radius 2 is 1.42 bits per heavy atom. The number of halogens is 3. The van der Waals surface area contributed by atoms with Crippen LogP contribution in [0.1, 0.15) is 62.1 Å². The maximum absolute atomic E-state index is 13.6. The standard InChI is InChI=1S/C25H33F3O7S/c1-14-11-15(2)21(16(3)12-14)34-22(29)19-9-5-8-18-17(19)7-6-10-20(18)23(30)35-24(4,25(26,27)28)13-36(31,32)33/h11-12,17-20H,5-10,13H2,1-4H3,(H,31,32,33). The van der Waals surface area contributed by atoms with E-state index in [-0.39, 0.29) is 18.3 Å². The fraction of sp³-hybridized carbons (Fsp3) is 0.680. The highest BCUT2D eigenvalue weighted by Gasteiger charge is 2.58. The molecule has 1 N–H and O–H groups in total. The Morgan fingerprint density at radius 1 is 0.944 bits per heavy atom. The second kappa shape index (κ2) is 10.3. The van der Waals surface area contributed by atoms with Crippen molar-refractivity contribution >= 4 is 22.1 Å². The van der Waals surface area contributed by atoms with E-state index in [1.165, 1.54) is 0 Å². The van der Waals surface area contributed by atoms with Gasteiger partial charge in [-0.2, -0.15) is 21.6 Å². The minimum atomic E-state index is -5.21. The molecule has 5 atom stereocenters. The molecule has 0 amide bonds. The molecule has 1 aromatic carbocycles. The Hall–Kier alpha value is -2.14. The van der Waals surface area contributed by atoms with Crippen molar-refractivity contribution in [2.24, 2.45) is 23.7 Å². The van der Waals surface area contributed by atoms with Crippen LogP contribution in [0.3, 0.4) is 0 Å². The first-order valence-corrected chi connectivity index (χ1v) is 13.7. The first-order valence-electron chi connectivity index (χ1n) is 12.1. The molecule has 2 saturated carbocycles. The summed E-state index contributed by atoms with van der Waals surface area (Å²) in [6.07, 6.45) is -2.12. The molecule has 2 aliphatic carbocycles. The highest BCUT2D eigenvalue weighted by Crippen LogP contribution is 2.48. The fourth-order valence-corrected chi connectivity index (χ4v) is 6.83. The van der Waals surface area contributed by atoms with Gasteiger partial charge in [-0.05, 0) is 76.3 Å². The number of benzene rings is 1. The van der Waals surface area contributed by atoms with E-state index >= 15 is 0 Å². The van der Waals surface area contributed by atoms with Crippen molar-refractivity contribution in [2.75, 3.05) is 5.75 Å². The van der Waals surface area contributed by atoms with E-state index in [4.69, 9.17) is 14.0 Å². The number of esters is 2. The van der Waals surface area contributed by atoms with Gasteiger partial charge in [0.1, 0.15) is 11.5 Å². The first kappa shape index (κ1) is 28.4. The van der Waals surface area contributed by atoms with Gasteiger partial charge in [-0.15, -0.1) is 0 Å². The van der Waals surface area contributed by atoms with Crippen molar-refractivity contribution in [1.29, 1.82) is 0 Å². The molecule has 1 aromatic rings. The van der Waals surface area contributed by atoms with Gasteiger partial charge >= 0.3 is 18.1 Å². The molecule has 7 nitrogen and oxygen atoms in total. The lowest BCUT2D eigenvalue weighted by molar-refractivity contribution is -0.259. The van der Waals surface area contributed by atoms with Crippen molar-refractivity contribution < 1.29 is 45.2 Å². The van der Waals surface area contributed by atoms with Crippen molar-refractivity contribution in [3.8, 4) is 5.75 Å². The summed E-state index contributed by atoms with van der Waals surface area (Å²) in [7, 11) is -5.08. The summed E-state index contributed by atoms with van der Waals surface area (Å²) in [6.45, 7) is 6.08. The molecule has 2 fully saturated rings. The van der Waals surface area contributed by atoms with E-state index < -0.39 is 51.4 Å². The van der Waals surface area contributed by atoms with Gasteiger partial charge in [-0.1, -0.05) is 30.5 Å². The monoisotopic (exact) mass is 534 g/mol. The van der Waals surface area contributed by atoms with Gasteiger partial charge in [0.15, 0.2) is 0 Å². The zero-order valence-corrected chi connectivity index (χ0v) is 21.7. The zero-order chi connectivity index (χ0) is 27.1. The minimum absolute atomic E-state index is 0.262. The van der Waals surface area contributed by atoms with E-state index in [0.29, 0.717) is 44.8 Å². The number of carbonyl (C=O) groups is 2. The van der Waals surface area contributed by atoms with Crippen LogP contribution >= 0.6 is 0 Å². The Kier molecular flexibility index (Phi) is 8.15. The quantitative estimate of drug-likeness (QED) is 0.307. The highest BCUT2D eigenvalue weighted by atomic mass is 32.2. The van der Waals surface area contributed by atoms with Crippen LogP contribution in [-0.2, 0) is 24.4 Å². The molecule has 202 valence electrons. The molecule has 0 aromatic heterocycles. The summed E-state index contributed by atoms with van der Waals surface area (Å²) in [5.41, 5.74) is -0.707. The molecule has 0 saturated heterocycles. The number of ether oxygens (including phenoxy) is 2. The summed E-state index contributed by atoms with van der Waals surface area (Å²) >= 11 is 0. The van der Waals surface area contributed by atoms with E-state index in [1.54, 1.807) is 0 Å². The maximum atomic E-state index is 13.6. The van der Waals surface area contributed by atoms with E-state index in [9.17, 15) is 31.2 Å². The van der Waals surface area contributed by atoms with Gasteiger partial charge < -0.3 is 9.47 Å². The van der Waals surface area contributed by atoms with Gasteiger partial charge in [0, 0.05) is 0 Å². The van der Waals surface area contributed by atoms with Gasteiger partial charge in [0.25, 0.3) is 10.1 Å². The van der Waals surface area contributed by atoms with Crippen molar-refractivity contribution in [2.45, 2.75) is 78.0 Å².